The molecule has 3 rings (SSSR count). The number of carbonyl (C=O) groups excluding carboxylic acids is 3. The number of unbranched alkanes of at least 4 members (excludes halogenated alkanes) is 5. The van der Waals surface area contributed by atoms with Gasteiger partial charge in [-0.25, -0.2) is 14.4 Å². The minimum absolute atomic E-state index is 0.0121. The van der Waals surface area contributed by atoms with Crippen LogP contribution in [0.3, 0.4) is 0 Å². The molecule has 0 amide bonds. The van der Waals surface area contributed by atoms with Crippen molar-refractivity contribution < 1.29 is 53.4 Å². The molecule has 0 aliphatic heterocycles. The molecule has 0 fully saturated rings. The molecular formula is C42H50O11. The van der Waals surface area contributed by atoms with Crippen molar-refractivity contribution in [3.8, 4) is 39.5 Å². The number of hydrogen-bond acceptors (Lipinski definition) is 11. The number of carbonyl (C=O) groups is 3. The van der Waals surface area contributed by atoms with Crippen molar-refractivity contribution in [1.82, 2.24) is 0 Å². The zero-order valence-electron chi connectivity index (χ0n) is 30.4. The molecule has 11 nitrogen and oxygen atoms in total. The molecule has 0 aliphatic carbocycles. The molecule has 0 radical (unpaired) electrons. The highest BCUT2D eigenvalue weighted by Crippen LogP contribution is 2.39. The maximum atomic E-state index is 12.9. The highest BCUT2D eigenvalue weighted by molar-refractivity contribution is 5.92. The van der Waals surface area contributed by atoms with Crippen LogP contribution in [0.15, 0.2) is 97.1 Å². The number of rotatable bonds is 24. The van der Waals surface area contributed by atoms with Crippen molar-refractivity contribution in [3.63, 3.8) is 0 Å². The Balaban J connectivity index is 1.90. The third-order valence-corrected chi connectivity index (χ3v) is 8.15. The standard InChI is InChI=1S/C42H50O11/c1-5-6-7-8-9-10-11-34-24-38(33-14-18-36(19-15-33)50-21-23-52-41(47)30(3)27-44)39(53-42(48)31(4)28-45)25-37(34)32-12-16-35(17-13-32)49-20-22-51-40(46)29(2)26-43/h12-19,24-25,43-45H,2-11,20-23,26-28H2,1H3. The summed E-state index contributed by atoms with van der Waals surface area (Å²) in [5, 5.41) is 27.6. The van der Waals surface area contributed by atoms with Crippen LogP contribution in [0, 0.1) is 0 Å². The lowest BCUT2D eigenvalue weighted by Crippen LogP contribution is -2.15. The Morgan fingerprint density at radius 3 is 1.51 bits per heavy atom. The summed E-state index contributed by atoms with van der Waals surface area (Å²) >= 11 is 0. The van der Waals surface area contributed by atoms with E-state index >= 15 is 0 Å². The third-order valence-electron chi connectivity index (χ3n) is 8.15. The van der Waals surface area contributed by atoms with E-state index in [0.29, 0.717) is 17.1 Å². The van der Waals surface area contributed by atoms with E-state index < -0.39 is 37.7 Å². The molecule has 284 valence electrons. The van der Waals surface area contributed by atoms with Gasteiger partial charge in [-0.05, 0) is 71.5 Å². The minimum Gasteiger partial charge on any atom is -0.490 e. The molecule has 11 heteroatoms. The van der Waals surface area contributed by atoms with Crippen LogP contribution in [0.1, 0.15) is 51.0 Å². The van der Waals surface area contributed by atoms with Crippen molar-refractivity contribution in [3.05, 3.63) is 103 Å². The molecule has 0 aliphatic rings. The van der Waals surface area contributed by atoms with E-state index in [-0.39, 0.29) is 48.9 Å². The van der Waals surface area contributed by atoms with Gasteiger partial charge in [0.25, 0.3) is 0 Å². The van der Waals surface area contributed by atoms with E-state index in [0.717, 1.165) is 47.9 Å². The monoisotopic (exact) mass is 730 g/mol. The fourth-order valence-electron chi connectivity index (χ4n) is 5.13. The van der Waals surface area contributed by atoms with Crippen molar-refractivity contribution in [2.75, 3.05) is 46.2 Å². The first-order valence-electron chi connectivity index (χ1n) is 17.7. The predicted octanol–water partition coefficient (Wildman–Crippen LogP) is 6.32. The number of ether oxygens (including phenoxy) is 5. The van der Waals surface area contributed by atoms with Gasteiger partial charge in [-0.15, -0.1) is 0 Å². The summed E-state index contributed by atoms with van der Waals surface area (Å²) in [6.07, 6.45) is 7.50. The second-order valence-corrected chi connectivity index (χ2v) is 12.2. The van der Waals surface area contributed by atoms with E-state index in [1.165, 1.54) is 19.3 Å². The lowest BCUT2D eigenvalue weighted by atomic mass is 9.91. The normalized spacial score (nSPS) is 10.6. The predicted molar refractivity (Wildman–Crippen MR) is 202 cm³/mol. The van der Waals surface area contributed by atoms with Crippen LogP contribution in [0.25, 0.3) is 22.3 Å². The van der Waals surface area contributed by atoms with E-state index in [2.05, 4.69) is 26.7 Å². The first kappa shape index (κ1) is 42.2. The minimum atomic E-state index is -0.756. The Bertz CT molecular complexity index is 1690. The average Bonchev–Trinajstić information content (AvgIpc) is 3.18. The van der Waals surface area contributed by atoms with Crippen LogP contribution in [-0.2, 0) is 30.3 Å². The summed E-state index contributed by atoms with van der Waals surface area (Å²) in [7, 11) is 0. The molecule has 0 atom stereocenters. The van der Waals surface area contributed by atoms with Crippen LogP contribution in [0.2, 0.25) is 0 Å². The molecular weight excluding hydrogens is 680 g/mol. The number of aryl methyl sites for hydroxylation is 1. The topological polar surface area (TPSA) is 158 Å². The molecule has 0 bridgehead atoms. The Morgan fingerprint density at radius 2 is 1.02 bits per heavy atom. The van der Waals surface area contributed by atoms with Crippen LogP contribution in [0.5, 0.6) is 17.2 Å². The first-order chi connectivity index (χ1) is 25.6. The molecule has 3 N–H and O–H groups in total. The molecule has 0 saturated heterocycles. The van der Waals surface area contributed by atoms with Gasteiger partial charge in [-0.2, -0.15) is 0 Å². The van der Waals surface area contributed by atoms with Gasteiger partial charge in [0.1, 0.15) is 43.7 Å². The summed E-state index contributed by atoms with van der Waals surface area (Å²) in [5.74, 6) is -0.765. The van der Waals surface area contributed by atoms with E-state index in [4.69, 9.17) is 33.9 Å². The van der Waals surface area contributed by atoms with E-state index in [1.54, 1.807) is 24.3 Å². The number of esters is 3. The number of benzene rings is 3. The average molecular weight is 731 g/mol. The van der Waals surface area contributed by atoms with Crippen LogP contribution in [0.4, 0.5) is 0 Å². The fraction of sp³-hybridized carbons (Fsp3) is 0.357. The van der Waals surface area contributed by atoms with Crippen LogP contribution < -0.4 is 14.2 Å². The van der Waals surface area contributed by atoms with E-state index in [9.17, 15) is 19.5 Å². The maximum Gasteiger partial charge on any atom is 0.341 e. The lowest BCUT2D eigenvalue weighted by Gasteiger charge is -2.18. The Labute approximate surface area is 311 Å². The molecule has 0 spiro atoms. The highest BCUT2D eigenvalue weighted by atomic mass is 16.6. The Kier molecular flexibility index (Phi) is 18.0. The summed E-state index contributed by atoms with van der Waals surface area (Å²) in [6.45, 7) is 11.3. The SMILES string of the molecule is C=C(CO)C(=O)OCCOc1ccc(-c2cc(OC(=O)C(=C)CO)c(-c3ccc(OCCOC(=O)C(=C)CO)cc3)cc2CCCCCCCC)cc1. The zero-order chi connectivity index (χ0) is 38.6. The van der Waals surface area contributed by atoms with Gasteiger partial charge in [-0.3, -0.25) is 0 Å². The van der Waals surface area contributed by atoms with Crippen molar-refractivity contribution in [2.24, 2.45) is 0 Å². The maximum absolute atomic E-state index is 12.9. The van der Waals surface area contributed by atoms with Gasteiger partial charge < -0.3 is 39.0 Å². The zero-order valence-corrected chi connectivity index (χ0v) is 30.4. The van der Waals surface area contributed by atoms with Crippen molar-refractivity contribution >= 4 is 17.9 Å². The molecule has 3 aromatic carbocycles. The number of hydrogen-bond donors (Lipinski definition) is 3. The highest BCUT2D eigenvalue weighted by Gasteiger charge is 2.19. The number of aliphatic hydroxyl groups is 3. The van der Waals surface area contributed by atoms with Gasteiger partial charge in [0.15, 0.2) is 0 Å². The van der Waals surface area contributed by atoms with Gasteiger partial charge in [0.05, 0.1) is 36.5 Å². The lowest BCUT2D eigenvalue weighted by molar-refractivity contribution is -0.141. The van der Waals surface area contributed by atoms with Crippen molar-refractivity contribution in [1.29, 1.82) is 0 Å². The summed E-state index contributed by atoms with van der Waals surface area (Å²) in [4.78, 5) is 36.3. The second-order valence-electron chi connectivity index (χ2n) is 12.2. The summed E-state index contributed by atoms with van der Waals surface area (Å²) in [5.41, 5.74) is 4.02. The van der Waals surface area contributed by atoms with Crippen LogP contribution >= 0.6 is 0 Å². The third kappa shape index (κ3) is 13.7. The molecule has 3 aromatic rings. The second kappa shape index (κ2) is 22.7. The fourth-order valence-corrected chi connectivity index (χ4v) is 5.13. The Hall–Kier alpha value is -5.23. The van der Waals surface area contributed by atoms with Gasteiger partial charge in [0.2, 0.25) is 0 Å². The van der Waals surface area contributed by atoms with Gasteiger partial charge in [-0.1, -0.05) is 83.0 Å². The first-order valence-corrected chi connectivity index (χ1v) is 17.7. The smallest absolute Gasteiger partial charge is 0.341 e. The van der Waals surface area contributed by atoms with Crippen molar-refractivity contribution in [2.45, 2.75) is 51.9 Å². The Morgan fingerprint density at radius 1 is 0.566 bits per heavy atom. The molecule has 0 saturated carbocycles. The van der Waals surface area contributed by atoms with Gasteiger partial charge in [0, 0.05) is 5.56 Å². The van der Waals surface area contributed by atoms with E-state index in [1.807, 2.05) is 36.4 Å². The quantitative estimate of drug-likeness (QED) is 0.0410. The molecule has 0 aromatic heterocycles. The van der Waals surface area contributed by atoms with Crippen LogP contribution in [-0.4, -0.2) is 79.5 Å². The molecule has 53 heavy (non-hydrogen) atoms. The largest absolute Gasteiger partial charge is 0.490 e. The summed E-state index contributed by atoms with van der Waals surface area (Å²) in [6, 6.07) is 18.4. The summed E-state index contributed by atoms with van der Waals surface area (Å²) < 4.78 is 27.4. The molecule has 0 unspecified atom stereocenters. The molecule has 0 heterocycles. The van der Waals surface area contributed by atoms with Gasteiger partial charge >= 0.3 is 17.9 Å². The number of aliphatic hydroxyl groups excluding tert-OH is 3.